The number of carboxylic acids is 1. The Morgan fingerprint density at radius 3 is 2.67 bits per heavy atom. The maximum absolute atomic E-state index is 12.0. The predicted molar refractivity (Wildman–Crippen MR) is 85.2 cm³/mol. The first-order valence-electron chi connectivity index (χ1n) is 6.76. The SMILES string of the molecule is Cc1ccccc1CN(C)C(=O)CSCCC(N)C(=O)O. The summed E-state index contributed by atoms with van der Waals surface area (Å²) in [5.41, 5.74) is 7.70. The van der Waals surface area contributed by atoms with Gasteiger partial charge in [-0.25, -0.2) is 0 Å². The molecule has 0 aliphatic carbocycles. The first-order chi connectivity index (χ1) is 9.91. The highest BCUT2D eigenvalue weighted by atomic mass is 32.2. The molecule has 1 rings (SSSR count). The van der Waals surface area contributed by atoms with Crippen LogP contribution < -0.4 is 5.73 Å². The number of aliphatic carboxylic acids is 1. The van der Waals surface area contributed by atoms with Crippen LogP contribution >= 0.6 is 11.8 Å². The maximum Gasteiger partial charge on any atom is 0.320 e. The van der Waals surface area contributed by atoms with Crippen molar-refractivity contribution in [2.24, 2.45) is 5.73 Å². The quantitative estimate of drug-likeness (QED) is 0.711. The number of nitrogens with two attached hydrogens (primary N) is 1. The lowest BCUT2D eigenvalue weighted by Gasteiger charge is -2.18. The van der Waals surface area contributed by atoms with Gasteiger partial charge in [0.05, 0.1) is 5.75 Å². The highest BCUT2D eigenvalue weighted by Gasteiger charge is 2.13. The summed E-state index contributed by atoms with van der Waals surface area (Å²) in [6.45, 7) is 2.61. The normalized spacial score (nSPS) is 12.0. The van der Waals surface area contributed by atoms with Crippen LogP contribution in [-0.4, -0.2) is 46.5 Å². The van der Waals surface area contributed by atoms with Gasteiger partial charge in [-0.15, -0.1) is 0 Å². The summed E-state index contributed by atoms with van der Waals surface area (Å²) in [5.74, 6) is -0.0580. The summed E-state index contributed by atoms with van der Waals surface area (Å²) in [4.78, 5) is 24.2. The van der Waals surface area contributed by atoms with Crippen molar-refractivity contribution in [2.75, 3.05) is 18.6 Å². The number of carbonyl (C=O) groups is 2. The summed E-state index contributed by atoms with van der Waals surface area (Å²) in [7, 11) is 1.78. The number of thioether (sulfide) groups is 1. The highest BCUT2D eigenvalue weighted by Crippen LogP contribution is 2.11. The first kappa shape index (κ1) is 17.5. The van der Waals surface area contributed by atoms with Crippen LogP contribution in [0.1, 0.15) is 17.5 Å². The number of amides is 1. The summed E-state index contributed by atoms with van der Waals surface area (Å²) < 4.78 is 0. The van der Waals surface area contributed by atoms with E-state index >= 15 is 0 Å². The Hall–Kier alpha value is -1.53. The number of benzene rings is 1. The van der Waals surface area contributed by atoms with Gasteiger partial charge in [0.15, 0.2) is 0 Å². The molecule has 0 heterocycles. The third-order valence-corrected chi connectivity index (χ3v) is 4.19. The fraction of sp³-hybridized carbons (Fsp3) is 0.467. The molecule has 3 N–H and O–H groups in total. The second-order valence-electron chi connectivity index (χ2n) is 4.96. The summed E-state index contributed by atoms with van der Waals surface area (Å²) in [6.07, 6.45) is 0.370. The fourth-order valence-corrected chi connectivity index (χ4v) is 2.69. The molecule has 0 aliphatic rings. The van der Waals surface area contributed by atoms with E-state index in [4.69, 9.17) is 10.8 Å². The van der Waals surface area contributed by atoms with Gasteiger partial charge in [-0.3, -0.25) is 9.59 Å². The van der Waals surface area contributed by atoms with Crippen molar-refractivity contribution in [1.82, 2.24) is 4.90 Å². The monoisotopic (exact) mass is 310 g/mol. The van der Waals surface area contributed by atoms with E-state index in [9.17, 15) is 9.59 Å². The van der Waals surface area contributed by atoms with E-state index in [1.165, 1.54) is 11.8 Å². The number of hydrogen-bond donors (Lipinski definition) is 2. The topological polar surface area (TPSA) is 83.6 Å². The number of nitrogens with zero attached hydrogens (tertiary/aromatic N) is 1. The van der Waals surface area contributed by atoms with Crippen molar-refractivity contribution in [3.05, 3.63) is 35.4 Å². The van der Waals surface area contributed by atoms with E-state index < -0.39 is 12.0 Å². The predicted octanol–water partition coefficient (Wildman–Crippen LogP) is 1.49. The maximum atomic E-state index is 12.0. The Morgan fingerprint density at radius 1 is 1.38 bits per heavy atom. The molecule has 0 aromatic heterocycles. The Labute approximate surface area is 129 Å². The molecule has 1 unspecified atom stereocenters. The van der Waals surface area contributed by atoms with Crippen LogP contribution in [0.5, 0.6) is 0 Å². The average molecular weight is 310 g/mol. The lowest BCUT2D eigenvalue weighted by Crippen LogP contribution is -2.31. The zero-order chi connectivity index (χ0) is 15.8. The van der Waals surface area contributed by atoms with Crippen LogP contribution in [0.2, 0.25) is 0 Å². The fourth-order valence-electron chi connectivity index (χ4n) is 1.73. The van der Waals surface area contributed by atoms with E-state index in [-0.39, 0.29) is 5.91 Å². The van der Waals surface area contributed by atoms with Gasteiger partial charge in [0.2, 0.25) is 5.91 Å². The number of aryl methyl sites for hydroxylation is 1. The van der Waals surface area contributed by atoms with E-state index in [0.717, 1.165) is 11.1 Å². The van der Waals surface area contributed by atoms with Gasteiger partial charge in [0.1, 0.15) is 6.04 Å². The second kappa shape index (κ2) is 8.69. The minimum Gasteiger partial charge on any atom is -0.480 e. The number of hydrogen-bond acceptors (Lipinski definition) is 4. The highest BCUT2D eigenvalue weighted by molar-refractivity contribution is 7.99. The van der Waals surface area contributed by atoms with E-state index in [1.807, 2.05) is 31.2 Å². The standard InChI is InChI=1S/C15H22N2O3S/c1-11-5-3-4-6-12(11)9-17(2)14(18)10-21-8-7-13(16)15(19)20/h3-6,13H,7-10,16H2,1-2H3,(H,19,20). The van der Waals surface area contributed by atoms with Gasteiger partial charge in [0.25, 0.3) is 0 Å². The molecule has 0 bridgehead atoms. The molecule has 0 saturated carbocycles. The van der Waals surface area contributed by atoms with Gasteiger partial charge < -0.3 is 15.7 Å². The lowest BCUT2D eigenvalue weighted by atomic mass is 10.1. The van der Waals surface area contributed by atoms with Gasteiger partial charge >= 0.3 is 5.97 Å². The molecule has 5 nitrogen and oxygen atoms in total. The molecule has 1 atom stereocenters. The summed E-state index contributed by atoms with van der Waals surface area (Å²) in [6, 6.07) is 7.12. The number of rotatable bonds is 8. The van der Waals surface area contributed by atoms with Crippen molar-refractivity contribution in [2.45, 2.75) is 25.9 Å². The zero-order valence-electron chi connectivity index (χ0n) is 12.4. The van der Waals surface area contributed by atoms with E-state index in [1.54, 1.807) is 11.9 Å². The Bertz CT molecular complexity index is 494. The van der Waals surface area contributed by atoms with Gasteiger partial charge in [-0.2, -0.15) is 11.8 Å². The molecule has 1 aromatic carbocycles. The molecule has 0 aliphatic heterocycles. The third kappa shape index (κ3) is 6.18. The number of carboxylic acid groups (broad SMARTS) is 1. The molecule has 0 radical (unpaired) electrons. The Kier molecular flexibility index (Phi) is 7.25. The Balaban J connectivity index is 2.32. The summed E-state index contributed by atoms with van der Waals surface area (Å²) >= 11 is 1.42. The van der Waals surface area contributed by atoms with Crippen LogP contribution in [0.4, 0.5) is 0 Å². The van der Waals surface area contributed by atoms with Gasteiger partial charge in [0, 0.05) is 13.6 Å². The molecule has 116 valence electrons. The zero-order valence-corrected chi connectivity index (χ0v) is 13.2. The van der Waals surface area contributed by atoms with Crippen molar-refractivity contribution >= 4 is 23.6 Å². The molecule has 21 heavy (non-hydrogen) atoms. The Morgan fingerprint density at radius 2 is 2.05 bits per heavy atom. The van der Waals surface area contributed by atoms with Crippen molar-refractivity contribution < 1.29 is 14.7 Å². The van der Waals surface area contributed by atoms with Crippen LogP contribution in [0, 0.1) is 6.92 Å². The molecule has 0 fully saturated rings. The first-order valence-corrected chi connectivity index (χ1v) is 7.92. The second-order valence-corrected chi connectivity index (χ2v) is 6.07. The van der Waals surface area contributed by atoms with Gasteiger partial charge in [-0.1, -0.05) is 24.3 Å². The largest absolute Gasteiger partial charge is 0.480 e. The van der Waals surface area contributed by atoms with Gasteiger partial charge in [-0.05, 0) is 30.2 Å². The van der Waals surface area contributed by atoms with Crippen molar-refractivity contribution in [3.8, 4) is 0 Å². The van der Waals surface area contributed by atoms with E-state index in [2.05, 4.69) is 0 Å². The smallest absolute Gasteiger partial charge is 0.320 e. The lowest BCUT2D eigenvalue weighted by molar-refractivity contribution is -0.138. The van der Waals surface area contributed by atoms with Crippen molar-refractivity contribution in [1.29, 1.82) is 0 Å². The molecular weight excluding hydrogens is 288 g/mol. The van der Waals surface area contributed by atoms with Crippen molar-refractivity contribution in [3.63, 3.8) is 0 Å². The van der Waals surface area contributed by atoms with Crippen LogP contribution in [0.3, 0.4) is 0 Å². The summed E-state index contributed by atoms with van der Waals surface area (Å²) in [5, 5.41) is 8.66. The minimum absolute atomic E-state index is 0.0344. The molecule has 6 heteroatoms. The van der Waals surface area contributed by atoms with Crippen LogP contribution in [-0.2, 0) is 16.1 Å². The molecule has 0 spiro atoms. The van der Waals surface area contributed by atoms with E-state index in [0.29, 0.717) is 24.5 Å². The minimum atomic E-state index is -1.00. The molecule has 0 saturated heterocycles. The van der Waals surface area contributed by atoms with Crippen LogP contribution in [0.25, 0.3) is 0 Å². The molecule has 1 aromatic rings. The third-order valence-electron chi connectivity index (χ3n) is 3.21. The van der Waals surface area contributed by atoms with Crippen LogP contribution in [0.15, 0.2) is 24.3 Å². The number of carbonyl (C=O) groups excluding carboxylic acids is 1. The average Bonchev–Trinajstić information content (AvgIpc) is 2.45. The molecule has 1 amide bonds. The molecular formula is C15H22N2O3S.